The van der Waals surface area contributed by atoms with Gasteiger partial charge in [-0.15, -0.1) is 0 Å². The van der Waals surface area contributed by atoms with Crippen LogP contribution in [-0.2, 0) is 11.3 Å². The van der Waals surface area contributed by atoms with Crippen LogP contribution < -0.4 is 10.6 Å². The number of nitrogens with zero attached hydrogens (tertiary/aromatic N) is 4. The first kappa shape index (κ1) is 20.2. The van der Waals surface area contributed by atoms with Crippen LogP contribution in [0.5, 0.6) is 0 Å². The van der Waals surface area contributed by atoms with Gasteiger partial charge in [0.15, 0.2) is 5.96 Å². The molecule has 1 saturated carbocycles. The summed E-state index contributed by atoms with van der Waals surface area (Å²) < 4.78 is 2.18. The number of imidazole rings is 1. The molecule has 3 rings (SSSR count). The Morgan fingerprint density at radius 2 is 2.00 bits per heavy atom. The highest BCUT2D eigenvalue weighted by atomic mass is 16.2. The number of fused-ring (bicyclic) bond motifs is 1. The summed E-state index contributed by atoms with van der Waals surface area (Å²) in [4.78, 5) is 23.2. The van der Waals surface area contributed by atoms with Crippen molar-refractivity contribution < 1.29 is 4.79 Å². The van der Waals surface area contributed by atoms with E-state index in [0.29, 0.717) is 6.54 Å². The molecule has 7 nitrogen and oxygen atoms in total. The van der Waals surface area contributed by atoms with Crippen LogP contribution in [0.4, 0.5) is 0 Å². The van der Waals surface area contributed by atoms with Gasteiger partial charge in [0.05, 0.1) is 22.8 Å². The van der Waals surface area contributed by atoms with Crippen LogP contribution >= 0.6 is 0 Å². The maximum absolute atomic E-state index is 12.7. The molecule has 1 aliphatic carbocycles. The number of rotatable bonds is 7. The molecule has 152 valence electrons. The number of aliphatic imine (C=N–C) groups is 1. The van der Waals surface area contributed by atoms with Gasteiger partial charge in [-0.05, 0) is 31.4 Å². The van der Waals surface area contributed by atoms with Crippen molar-refractivity contribution in [1.29, 1.82) is 0 Å². The number of carbonyl (C=O) groups excluding carboxylic acids is 1. The molecule has 0 spiro atoms. The van der Waals surface area contributed by atoms with Crippen molar-refractivity contribution in [2.45, 2.75) is 38.6 Å². The van der Waals surface area contributed by atoms with Crippen LogP contribution in [0.3, 0.4) is 0 Å². The minimum absolute atomic E-state index is 0.222. The number of amides is 1. The number of guanidine groups is 1. The molecule has 1 fully saturated rings. The lowest BCUT2D eigenvalue weighted by atomic mass is 9.84. The average molecular weight is 385 g/mol. The lowest BCUT2D eigenvalue weighted by molar-refractivity contribution is -0.138. The lowest BCUT2D eigenvalue weighted by Gasteiger charge is -2.31. The van der Waals surface area contributed by atoms with Crippen molar-refractivity contribution in [3.8, 4) is 0 Å². The third-order valence-electron chi connectivity index (χ3n) is 5.63. The van der Waals surface area contributed by atoms with Crippen molar-refractivity contribution in [2.24, 2.45) is 10.4 Å². The summed E-state index contributed by atoms with van der Waals surface area (Å²) in [5.41, 5.74) is 1.90. The highest BCUT2D eigenvalue weighted by molar-refractivity contribution is 5.85. The zero-order valence-electron chi connectivity index (χ0n) is 17.2. The smallest absolute Gasteiger partial charge is 0.230 e. The van der Waals surface area contributed by atoms with Gasteiger partial charge in [-0.2, -0.15) is 0 Å². The second kappa shape index (κ2) is 9.08. The monoisotopic (exact) mass is 384 g/mol. The maximum Gasteiger partial charge on any atom is 0.230 e. The zero-order valence-corrected chi connectivity index (χ0v) is 17.2. The fourth-order valence-corrected chi connectivity index (χ4v) is 4.11. The average Bonchev–Trinajstić information content (AvgIpc) is 3.35. The minimum Gasteiger partial charge on any atom is -0.356 e. The van der Waals surface area contributed by atoms with Crippen LogP contribution in [0, 0.1) is 5.41 Å². The first-order valence-corrected chi connectivity index (χ1v) is 10.1. The van der Waals surface area contributed by atoms with E-state index < -0.39 is 0 Å². The van der Waals surface area contributed by atoms with Gasteiger partial charge in [0, 0.05) is 40.8 Å². The summed E-state index contributed by atoms with van der Waals surface area (Å²) in [5.74, 6) is 0.980. The molecule has 2 N–H and O–H groups in total. The summed E-state index contributed by atoms with van der Waals surface area (Å²) in [6.45, 7) is 2.34. The Morgan fingerprint density at radius 1 is 1.25 bits per heavy atom. The molecule has 1 heterocycles. The van der Waals surface area contributed by atoms with E-state index in [-0.39, 0.29) is 11.3 Å². The van der Waals surface area contributed by atoms with Crippen molar-refractivity contribution in [3.63, 3.8) is 0 Å². The van der Waals surface area contributed by atoms with Gasteiger partial charge in [0.1, 0.15) is 0 Å². The molecule has 0 aliphatic heterocycles. The van der Waals surface area contributed by atoms with Crippen molar-refractivity contribution in [3.05, 3.63) is 30.6 Å². The summed E-state index contributed by atoms with van der Waals surface area (Å²) >= 11 is 0. The van der Waals surface area contributed by atoms with Gasteiger partial charge in [-0.3, -0.25) is 9.79 Å². The molecule has 28 heavy (non-hydrogen) atoms. The van der Waals surface area contributed by atoms with E-state index in [2.05, 4.69) is 31.2 Å². The van der Waals surface area contributed by atoms with E-state index in [4.69, 9.17) is 0 Å². The summed E-state index contributed by atoms with van der Waals surface area (Å²) in [7, 11) is 5.46. The Morgan fingerprint density at radius 3 is 2.71 bits per heavy atom. The second-order valence-corrected chi connectivity index (χ2v) is 7.82. The third kappa shape index (κ3) is 4.46. The van der Waals surface area contributed by atoms with Crippen LogP contribution in [0.15, 0.2) is 35.6 Å². The highest BCUT2D eigenvalue weighted by Crippen LogP contribution is 2.38. The fourth-order valence-electron chi connectivity index (χ4n) is 4.11. The summed E-state index contributed by atoms with van der Waals surface area (Å²) in [6.07, 6.45) is 6.99. The number of carbonyl (C=O) groups is 1. The van der Waals surface area contributed by atoms with E-state index >= 15 is 0 Å². The first-order chi connectivity index (χ1) is 13.6. The predicted octanol–water partition coefficient (Wildman–Crippen LogP) is 2.24. The van der Waals surface area contributed by atoms with Gasteiger partial charge < -0.3 is 20.1 Å². The molecule has 1 aromatic heterocycles. The van der Waals surface area contributed by atoms with Gasteiger partial charge >= 0.3 is 0 Å². The van der Waals surface area contributed by atoms with Crippen LogP contribution in [0.25, 0.3) is 11.0 Å². The predicted molar refractivity (Wildman–Crippen MR) is 113 cm³/mol. The molecule has 1 aliphatic rings. The first-order valence-electron chi connectivity index (χ1n) is 10.1. The molecule has 0 atom stereocenters. The standard InChI is InChI=1S/C21H32N6O/c1-22-20(24-15-21(11-6-7-12-21)19(28)26(2)3)23-13-8-14-27-16-25-17-9-4-5-10-18(17)27/h4-5,9-10,16H,6-8,11-15H2,1-3H3,(H2,22,23,24). The zero-order chi connectivity index (χ0) is 20.0. The van der Waals surface area contributed by atoms with Gasteiger partial charge in [0.2, 0.25) is 5.91 Å². The van der Waals surface area contributed by atoms with Crippen molar-refractivity contribution in [1.82, 2.24) is 25.1 Å². The topological polar surface area (TPSA) is 74.5 Å². The number of nitrogens with one attached hydrogen (secondary N) is 2. The van der Waals surface area contributed by atoms with E-state index in [9.17, 15) is 4.79 Å². The molecule has 2 aromatic rings. The van der Waals surface area contributed by atoms with Gasteiger partial charge in [0.25, 0.3) is 0 Å². The van der Waals surface area contributed by atoms with Crippen molar-refractivity contribution >= 4 is 22.9 Å². The highest BCUT2D eigenvalue weighted by Gasteiger charge is 2.42. The Balaban J connectivity index is 1.47. The second-order valence-electron chi connectivity index (χ2n) is 7.82. The molecule has 1 amide bonds. The SMILES string of the molecule is CN=C(NCCCn1cnc2ccccc21)NCC1(C(=O)N(C)C)CCCC1. The molecule has 0 radical (unpaired) electrons. The van der Waals surface area contributed by atoms with Crippen LogP contribution in [-0.4, -0.2) is 60.6 Å². The molecule has 0 unspecified atom stereocenters. The van der Waals surface area contributed by atoms with Crippen LogP contribution in [0.2, 0.25) is 0 Å². The largest absolute Gasteiger partial charge is 0.356 e. The number of hydrogen-bond acceptors (Lipinski definition) is 3. The van der Waals surface area contributed by atoms with E-state index in [1.54, 1.807) is 11.9 Å². The van der Waals surface area contributed by atoms with E-state index in [0.717, 1.165) is 62.2 Å². The Bertz CT molecular complexity index is 819. The number of benzene rings is 1. The van der Waals surface area contributed by atoms with Gasteiger partial charge in [-0.25, -0.2) is 4.98 Å². The normalized spacial score (nSPS) is 16.3. The fraction of sp³-hybridized carbons (Fsp3) is 0.571. The molecule has 1 aromatic carbocycles. The summed E-state index contributed by atoms with van der Waals surface area (Å²) in [5, 5.41) is 6.75. The number of aromatic nitrogens is 2. The molecular formula is C21H32N6O. The Hall–Kier alpha value is -2.57. The third-order valence-corrected chi connectivity index (χ3v) is 5.63. The Kier molecular flexibility index (Phi) is 6.54. The van der Waals surface area contributed by atoms with Gasteiger partial charge in [-0.1, -0.05) is 25.0 Å². The summed E-state index contributed by atoms with van der Waals surface area (Å²) in [6, 6.07) is 8.18. The minimum atomic E-state index is -0.295. The maximum atomic E-state index is 12.7. The van der Waals surface area contributed by atoms with E-state index in [1.807, 2.05) is 38.6 Å². The number of para-hydroxylation sites is 2. The molecule has 0 bridgehead atoms. The lowest BCUT2D eigenvalue weighted by Crippen LogP contribution is -2.49. The Labute approximate surface area is 167 Å². The quantitative estimate of drug-likeness (QED) is 0.436. The molecular weight excluding hydrogens is 352 g/mol. The van der Waals surface area contributed by atoms with E-state index in [1.165, 1.54) is 0 Å². The molecule has 7 heteroatoms. The molecule has 0 saturated heterocycles. The van der Waals surface area contributed by atoms with Crippen LogP contribution in [0.1, 0.15) is 32.1 Å². The van der Waals surface area contributed by atoms with Crippen molar-refractivity contribution in [2.75, 3.05) is 34.2 Å². The number of hydrogen-bond donors (Lipinski definition) is 2. The number of aryl methyl sites for hydroxylation is 1.